The Morgan fingerprint density at radius 2 is 2.21 bits per heavy atom. The molecule has 0 bridgehead atoms. The van der Waals surface area contributed by atoms with Crippen LogP contribution in [0.4, 0.5) is 0 Å². The van der Waals surface area contributed by atoms with E-state index in [4.69, 9.17) is 0 Å². The predicted octanol–water partition coefficient (Wildman–Crippen LogP) is 1.81. The van der Waals surface area contributed by atoms with Crippen molar-refractivity contribution in [3.05, 3.63) is 0 Å². The summed E-state index contributed by atoms with van der Waals surface area (Å²) in [6, 6.07) is 0. The van der Waals surface area contributed by atoms with Gasteiger partial charge in [0.2, 0.25) is 0 Å². The molecular formula is C11H24N2S. The van der Waals surface area contributed by atoms with Gasteiger partial charge in [-0.25, -0.2) is 0 Å². The van der Waals surface area contributed by atoms with Crippen molar-refractivity contribution in [1.29, 1.82) is 0 Å². The summed E-state index contributed by atoms with van der Waals surface area (Å²) in [4.78, 5) is 2.45. The van der Waals surface area contributed by atoms with E-state index in [1.807, 2.05) is 11.8 Å². The molecule has 0 aromatic rings. The monoisotopic (exact) mass is 216 g/mol. The lowest BCUT2D eigenvalue weighted by atomic mass is 9.90. The maximum atomic E-state index is 3.65. The van der Waals surface area contributed by atoms with Gasteiger partial charge in [0.1, 0.15) is 0 Å². The molecule has 1 heterocycles. The quantitative estimate of drug-likeness (QED) is 0.754. The number of piperidine rings is 1. The molecule has 0 radical (unpaired) electrons. The number of nitrogens with one attached hydrogen (secondary N) is 1. The van der Waals surface area contributed by atoms with Crippen LogP contribution in [0.3, 0.4) is 0 Å². The maximum Gasteiger partial charge on any atom is 0.0280 e. The maximum absolute atomic E-state index is 3.65. The van der Waals surface area contributed by atoms with Crippen LogP contribution in [0.15, 0.2) is 0 Å². The Kier molecular flexibility index (Phi) is 5.28. The van der Waals surface area contributed by atoms with Gasteiger partial charge in [-0.3, -0.25) is 0 Å². The molecule has 1 rings (SSSR count). The van der Waals surface area contributed by atoms with E-state index in [-0.39, 0.29) is 0 Å². The molecule has 3 heteroatoms. The zero-order valence-electron chi connectivity index (χ0n) is 9.81. The van der Waals surface area contributed by atoms with Crippen LogP contribution >= 0.6 is 11.8 Å². The third-order valence-corrected chi connectivity index (χ3v) is 3.59. The lowest BCUT2D eigenvalue weighted by Crippen LogP contribution is -2.53. The summed E-state index contributed by atoms with van der Waals surface area (Å²) in [5, 5.41) is 3.65. The van der Waals surface area contributed by atoms with Crippen LogP contribution in [0.5, 0.6) is 0 Å². The third-order valence-electron chi connectivity index (χ3n) is 3.00. The second kappa shape index (κ2) is 5.99. The highest BCUT2D eigenvalue weighted by Gasteiger charge is 2.26. The van der Waals surface area contributed by atoms with E-state index in [0.717, 1.165) is 0 Å². The topological polar surface area (TPSA) is 15.3 Å². The van der Waals surface area contributed by atoms with Gasteiger partial charge in [0.25, 0.3) is 0 Å². The van der Waals surface area contributed by atoms with Crippen LogP contribution in [0.2, 0.25) is 0 Å². The molecule has 0 saturated carbocycles. The van der Waals surface area contributed by atoms with Crippen molar-refractivity contribution < 1.29 is 0 Å². The van der Waals surface area contributed by atoms with E-state index in [0.29, 0.717) is 5.54 Å². The summed E-state index contributed by atoms with van der Waals surface area (Å²) < 4.78 is 0. The summed E-state index contributed by atoms with van der Waals surface area (Å²) in [6.07, 6.45) is 6.25. The van der Waals surface area contributed by atoms with Crippen LogP contribution in [0.25, 0.3) is 0 Å². The van der Waals surface area contributed by atoms with Crippen molar-refractivity contribution in [3.63, 3.8) is 0 Å². The van der Waals surface area contributed by atoms with Crippen molar-refractivity contribution >= 4 is 11.8 Å². The Morgan fingerprint density at radius 3 is 2.79 bits per heavy atom. The van der Waals surface area contributed by atoms with E-state index in [9.17, 15) is 0 Å². The van der Waals surface area contributed by atoms with Crippen molar-refractivity contribution in [2.24, 2.45) is 0 Å². The summed E-state index contributed by atoms with van der Waals surface area (Å²) >= 11 is 1.93. The smallest absolute Gasteiger partial charge is 0.0280 e. The van der Waals surface area contributed by atoms with Gasteiger partial charge >= 0.3 is 0 Å². The van der Waals surface area contributed by atoms with Crippen molar-refractivity contribution in [3.8, 4) is 0 Å². The molecule has 84 valence electrons. The van der Waals surface area contributed by atoms with E-state index < -0.39 is 0 Å². The van der Waals surface area contributed by atoms with Gasteiger partial charge in [0, 0.05) is 24.4 Å². The predicted molar refractivity (Wildman–Crippen MR) is 66.1 cm³/mol. The first kappa shape index (κ1) is 12.3. The van der Waals surface area contributed by atoms with Crippen LogP contribution in [-0.4, -0.2) is 49.1 Å². The van der Waals surface area contributed by atoms with E-state index in [1.165, 1.54) is 44.6 Å². The molecule has 0 amide bonds. The Balaban J connectivity index is 2.25. The number of hydrogen-bond acceptors (Lipinski definition) is 3. The molecule has 1 aliphatic rings. The molecule has 1 saturated heterocycles. The Labute approximate surface area is 92.8 Å². The number of likely N-dealkylation sites (N-methyl/N-ethyl adjacent to an activating group) is 1. The fraction of sp³-hybridized carbons (Fsp3) is 1.00. The molecule has 1 fully saturated rings. The highest BCUT2D eigenvalue weighted by Crippen LogP contribution is 2.19. The molecule has 1 unspecified atom stereocenters. The summed E-state index contributed by atoms with van der Waals surface area (Å²) in [5.74, 6) is 1.24. The molecule has 0 aromatic heterocycles. The number of hydrogen-bond donors (Lipinski definition) is 1. The van der Waals surface area contributed by atoms with E-state index in [1.54, 1.807) is 0 Å². The minimum Gasteiger partial charge on any atom is -0.310 e. The van der Waals surface area contributed by atoms with Gasteiger partial charge in [-0.15, -0.1) is 0 Å². The van der Waals surface area contributed by atoms with Gasteiger partial charge in [-0.1, -0.05) is 6.42 Å². The van der Waals surface area contributed by atoms with Crippen molar-refractivity contribution in [2.75, 3.05) is 38.7 Å². The van der Waals surface area contributed by atoms with Crippen LogP contribution in [-0.2, 0) is 0 Å². The van der Waals surface area contributed by atoms with Crippen LogP contribution in [0, 0.1) is 0 Å². The molecule has 0 aliphatic carbocycles. The third kappa shape index (κ3) is 4.20. The lowest BCUT2D eigenvalue weighted by molar-refractivity contribution is 0.193. The number of thioether (sulfide) groups is 1. The molecule has 0 aromatic carbocycles. The van der Waals surface area contributed by atoms with Crippen LogP contribution < -0.4 is 5.32 Å². The highest BCUT2D eigenvalue weighted by atomic mass is 32.2. The first-order valence-electron chi connectivity index (χ1n) is 5.59. The highest BCUT2D eigenvalue weighted by molar-refractivity contribution is 7.98. The van der Waals surface area contributed by atoms with Gasteiger partial charge in [0.05, 0.1) is 0 Å². The Hall–Kier alpha value is 0.270. The fourth-order valence-electron chi connectivity index (χ4n) is 2.18. The second-order valence-electron chi connectivity index (χ2n) is 4.68. The molecule has 1 atom stereocenters. The average molecular weight is 216 g/mol. The SMILES string of the molecule is CSCCN(C)CC1(C)CCCCN1. The first-order chi connectivity index (χ1) is 6.66. The molecular weight excluding hydrogens is 192 g/mol. The minimum atomic E-state index is 0.366. The molecule has 2 nitrogen and oxygen atoms in total. The van der Waals surface area contributed by atoms with Gasteiger partial charge < -0.3 is 10.2 Å². The van der Waals surface area contributed by atoms with Crippen molar-refractivity contribution in [1.82, 2.24) is 10.2 Å². The van der Waals surface area contributed by atoms with E-state index in [2.05, 4.69) is 30.4 Å². The average Bonchev–Trinajstić information content (AvgIpc) is 2.15. The normalized spacial score (nSPS) is 28.3. The fourth-order valence-corrected chi connectivity index (χ4v) is 2.67. The van der Waals surface area contributed by atoms with Gasteiger partial charge in [-0.05, 0) is 39.6 Å². The minimum absolute atomic E-state index is 0.366. The van der Waals surface area contributed by atoms with Crippen LogP contribution in [0.1, 0.15) is 26.2 Å². The lowest BCUT2D eigenvalue weighted by Gasteiger charge is -2.38. The first-order valence-corrected chi connectivity index (χ1v) is 6.98. The molecule has 14 heavy (non-hydrogen) atoms. The Bertz CT molecular complexity index is 155. The largest absolute Gasteiger partial charge is 0.310 e. The van der Waals surface area contributed by atoms with Gasteiger partial charge in [-0.2, -0.15) is 11.8 Å². The molecule has 0 spiro atoms. The standard InChI is InChI=1S/C11H24N2S/c1-11(6-4-5-7-12-11)10-13(2)8-9-14-3/h12H,4-10H2,1-3H3. The summed E-state index contributed by atoms with van der Waals surface area (Å²) in [5.41, 5.74) is 0.366. The van der Waals surface area contributed by atoms with Crippen molar-refractivity contribution in [2.45, 2.75) is 31.7 Å². The second-order valence-corrected chi connectivity index (χ2v) is 5.66. The number of nitrogens with zero attached hydrogens (tertiary/aromatic N) is 1. The molecule has 1 aliphatic heterocycles. The van der Waals surface area contributed by atoms with E-state index >= 15 is 0 Å². The zero-order chi connectivity index (χ0) is 10.4. The summed E-state index contributed by atoms with van der Waals surface area (Å²) in [6.45, 7) is 5.96. The van der Waals surface area contributed by atoms with Gasteiger partial charge in [0.15, 0.2) is 0 Å². The zero-order valence-corrected chi connectivity index (χ0v) is 10.6. The summed E-state index contributed by atoms with van der Waals surface area (Å²) in [7, 11) is 2.23. The Morgan fingerprint density at radius 1 is 1.43 bits per heavy atom. The molecule has 1 N–H and O–H groups in total. The number of rotatable bonds is 5.